The molecule has 0 atom stereocenters. The normalized spacial score (nSPS) is 17.8. The number of amides is 2. The van der Waals surface area contributed by atoms with Crippen molar-refractivity contribution < 1.29 is 9.59 Å². The van der Waals surface area contributed by atoms with Gasteiger partial charge in [-0.05, 0) is 60.5 Å². The van der Waals surface area contributed by atoms with E-state index in [1.165, 1.54) is 11.8 Å². The quantitative estimate of drug-likeness (QED) is 0.375. The molecule has 0 saturated carbocycles. The molecule has 3 aromatic rings. The maximum Gasteiger partial charge on any atom is 0.269 e. The largest absolute Gasteiger partial charge is 0.385 e. The van der Waals surface area contributed by atoms with Gasteiger partial charge >= 0.3 is 0 Å². The van der Waals surface area contributed by atoms with Crippen molar-refractivity contribution >= 4 is 51.9 Å². The van der Waals surface area contributed by atoms with Crippen LogP contribution in [0.5, 0.6) is 0 Å². The molecule has 38 heavy (non-hydrogen) atoms. The minimum atomic E-state index is -0.453. The molecule has 1 fully saturated rings. The third kappa shape index (κ3) is 5.30. The lowest BCUT2D eigenvalue weighted by Gasteiger charge is -2.17. The Balaban J connectivity index is 1.42. The first-order valence-electron chi connectivity index (χ1n) is 12.5. The molecule has 194 valence electrons. The maximum atomic E-state index is 13.8. The number of hydrogen-bond donors (Lipinski definition) is 2. The third-order valence-electron chi connectivity index (χ3n) is 6.37. The minimum Gasteiger partial charge on any atom is -0.385 e. The zero-order valence-corrected chi connectivity index (χ0v) is 22.9. The Morgan fingerprint density at radius 2 is 1.79 bits per heavy atom. The average molecular weight is 544 g/mol. The van der Waals surface area contributed by atoms with Crippen LogP contribution in [0.1, 0.15) is 28.4 Å². The molecule has 0 radical (unpaired) electrons. The highest BCUT2D eigenvalue weighted by atomic mass is 32.2. The number of nitrogens with one attached hydrogen (secondary N) is 1. The summed E-state index contributed by atoms with van der Waals surface area (Å²) >= 11 is 3.06. The molecule has 2 amide bonds. The second-order valence-corrected chi connectivity index (χ2v) is 10.9. The van der Waals surface area contributed by atoms with E-state index < -0.39 is 5.91 Å². The SMILES string of the molecule is CCNc1cc(C(N)=O)ccc1CCN=C1SC(=C2Sc3ccccc3N2C)C(=O)N1Cc1ccccc1. The number of nitrogens with zero attached hydrogens (tertiary/aromatic N) is 3. The van der Waals surface area contributed by atoms with Gasteiger partial charge in [0.15, 0.2) is 5.17 Å². The number of rotatable bonds is 8. The summed E-state index contributed by atoms with van der Waals surface area (Å²) in [5.41, 5.74) is 10.0. The lowest BCUT2D eigenvalue weighted by atomic mass is 10.1. The van der Waals surface area contributed by atoms with Crippen LogP contribution < -0.4 is 16.0 Å². The standard InChI is InChI=1S/C29H29N5O2S2/c1-3-31-22-17-21(26(30)35)14-13-20(22)15-16-32-29-34(18-19-9-5-4-6-10-19)27(36)25(38-29)28-33(2)23-11-7-8-12-24(23)37-28/h4-14,17,31H,3,15-16,18H2,1-2H3,(H2,30,35). The minimum absolute atomic E-state index is 0.0288. The molecular weight excluding hydrogens is 514 g/mol. The zero-order valence-electron chi connectivity index (χ0n) is 21.3. The number of nitrogens with two attached hydrogens (primary N) is 1. The fourth-order valence-corrected chi connectivity index (χ4v) is 6.78. The molecule has 3 N–H and O–H groups in total. The molecular formula is C29H29N5O2S2. The first-order chi connectivity index (χ1) is 18.5. The highest BCUT2D eigenvalue weighted by molar-refractivity contribution is 8.19. The summed E-state index contributed by atoms with van der Waals surface area (Å²) in [6, 6.07) is 23.6. The molecule has 9 heteroatoms. The summed E-state index contributed by atoms with van der Waals surface area (Å²) < 4.78 is 0. The second kappa shape index (κ2) is 11.4. The Kier molecular flexibility index (Phi) is 7.76. The van der Waals surface area contributed by atoms with Gasteiger partial charge in [0.1, 0.15) is 4.91 Å². The second-order valence-electron chi connectivity index (χ2n) is 8.92. The number of hydrogen-bond acceptors (Lipinski definition) is 7. The average Bonchev–Trinajstić information content (AvgIpc) is 3.41. The highest BCUT2D eigenvalue weighted by Gasteiger charge is 2.39. The predicted octanol–water partition coefficient (Wildman–Crippen LogP) is 5.30. The lowest BCUT2D eigenvalue weighted by molar-refractivity contribution is -0.122. The number of carbonyl (C=O) groups excluding carboxylic acids is 2. The number of thioether (sulfide) groups is 2. The molecule has 1 saturated heterocycles. The van der Waals surface area contributed by atoms with E-state index in [4.69, 9.17) is 10.7 Å². The van der Waals surface area contributed by atoms with Gasteiger partial charge in [0.05, 0.1) is 17.3 Å². The maximum absolute atomic E-state index is 13.8. The summed E-state index contributed by atoms with van der Waals surface area (Å²) in [4.78, 5) is 36.0. The van der Waals surface area contributed by atoms with Crippen molar-refractivity contribution in [3.05, 3.63) is 99.4 Å². The van der Waals surface area contributed by atoms with Gasteiger partial charge in [-0.1, -0.05) is 60.3 Å². The number of anilines is 2. The summed E-state index contributed by atoms with van der Waals surface area (Å²) in [5.74, 6) is -0.482. The van der Waals surface area contributed by atoms with E-state index in [0.29, 0.717) is 35.1 Å². The highest BCUT2D eigenvalue weighted by Crippen LogP contribution is 2.49. The van der Waals surface area contributed by atoms with E-state index in [1.54, 1.807) is 28.8 Å². The van der Waals surface area contributed by atoms with E-state index in [0.717, 1.165) is 39.0 Å². The van der Waals surface area contributed by atoms with E-state index in [9.17, 15) is 9.59 Å². The fourth-order valence-electron chi connectivity index (χ4n) is 4.43. The van der Waals surface area contributed by atoms with Gasteiger partial charge in [0.2, 0.25) is 5.91 Å². The van der Waals surface area contributed by atoms with E-state index >= 15 is 0 Å². The van der Waals surface area contributed by atoms with Crippen LogP contribution in [-0.2, 0) is 17.8 Å². The van der Waals surface area contributed by atoms with Crippen LogP contribution in [0, 0.1) is 0 Å². The molecule has 5 rings (SSSR count). The Hall–Kier alpha value is -3.69. The molecule has 3 aromatic carbocycles. The van der Waals surface area contributed by atoms with Crippen LogP contribution in [0.2, 0.25) is 0 Å². The van der Waals surface area contributed by atoms with Crippen LogP contribution in [0.15, 0.2) is 92.6 Å². The topological polar surface area (TPSA) is 91.0 Å². The summed E-state index contributed by atoms with van der Waals surface area (Å²) in [5, 5.41) is 4.94. The number of amidine groups is 1. The van der Waals surface area contributed by atoms with Crippen molar-refractivity contribution in [2.45, 2.75) is 24.8 Å². The van der Waals surface area contributed by atoms with Crippen LogP contribution in [0.4, 0.5) is 11.4 Å². The number of fused-ring (bicyclic) bond motifs is 1. The number of carbonyl (C=O) groups is 2. The van der Waals surface area contributed by atoms with Crippen molar-refractivity contribution in [2.75, 3.05) is 30.4 Å². The van der Waals surface area contributed by atoms with Crippen LogP contribution in [-0.4, -0.2) is 42.0 Å². The Morgan fingerprint density at radius 3 is 2.53 bits per heavy atom. The number of para-hydroxylation sites is 1. The van der Waals surface area contributed by atoms with Crippen LogP contribution in [0.25, 0.3) is 0 Å². The van der Waals surface area contributed by atoms with Crippen LogP contribution >= 0.6 is 23.5 Å². The fraction of sp³-hybridized carbons (Fsp3) is 0.207. The van der Waals surface area contributed by atoms with Crippen molar-refractivity contribution in [3.8, 4) is 0 Å². The van der Waals surface area contributed by atoms with E-state index in [1.807, 2.05) is 62.5 Å². The predicted molar refractivity (Wildman–Crippen MR) is 157 cm³/mol. The molecule has 0 aliphatic carbocycles. The summed E-state index contributed by atoms with van der Waals surface area (Å²) in [6.07, 6.45) is 0.658. The van der Waals surface area contributed by atoms with Gasteiger partial charge in [0, 0.05) is 36.3 Å². The molecule has 0 spiro atoms. The molecule has 2 heterocycles. The third-order valence-corrected chi connectivity index (χ3v) is 8.84. The number of primary amides is 1. The smallest absolute Gasteiger partial charge is 0.269 e. The Labute approximate surface area is 231 Å². The van der Waals surface area contributed by atoms with Gasteiger partial charge in [0.25, 0.3) is 5.91 Å². The monoisotopic (exact) mass is 543 g/mol. The van der Waals surface area contributed by atoms with Crippen molar-refractivity contribution in [2.24, 2.45) is 10.7 Å². The lowest BCUT2D eigenvalue weighted by Crippen LogP contribution is -2.29. The van der Waals surface area contributed by atoms with Gasteiger partial charge < -0.3 is 16.0 Å². The van der Waals surface area contributed by atoms with Gasteiger partial charge in [-0.15, -0.1) is 0 Å². The van der Waals surface area contributed by atoms with Gasteiger partial charge in [-0.25, -0.2) is 0 Å². The van der Waals surface area contributed by atoms with Crippen LogP contribution in [0.3, 0.4) is 0 Å². The molecule has 0 bridgehead atoms. The first-order valence-corrected chi connectivity index (χ1v) is 14.1. The van der Waals surface area contributed by atoms with Gasteiger partial charge in [-0.3, -0.25) is 19.5 Å². The van der Waals surface area contributed by atoms with Crippen molar-refractivity contribution in [3.63, 3.8) is 0 Å². The molecule has 0 unspecified atom stereocenters. The van der Waals surface area contributed by atoms with E-state index in [2.05, 4.69) is 22.3 Å². The van der Waals surface area contributed by atoms with Crippen molar-refractivity contribution in [1.82, 2.24) is 4.90 Å². The first kappa shape index (κ1) is 25.9. The number of aliphatic imine (C=N–C) groups is 1. The van der Waals surface area contributed by atoms with Gasteiger partial charge in [-0.2, -0.15) is 0 Å². The van der Waals surface area contributed by atoms with Crippen molar-refractivity contribution in [1.29, 1.82) is 0 Å². The molecule has 2 aliphatic rings. The molecule has 7 nitrogen and oxygen atoms in total. The zero-order chi connectivity index (χ0) is 26.6. The van der Waals surface area contributed by atoms with E-state index in [-0.39, 0.29) is 5.91 Å². The Bertz CT molecular complexity index is 1440. The Morgan fingerprint density at radius 1 is 1.03 bits per heavy atom. The molecule has 0 aromatic heterocycles. The molecule has 2 aliphatic heterocycles. The summed E-state index contributed by atoms with van der Waals surface area (Å²) in [6.45, 7) is 3.69. The number of benzene rings is 3. The summed E-state index contributed by atoms with van der Waals surface area (Å²) in [7, 11) is 2.00.